The van der Waals surface area contributed by atoms with E-state index in [4.69, 9.17) is 5.73 Å². The highest BCUT2D eigenvalue weighted by Gasteiger charge is 1.97. The van der Waals surface area contributed by atoms with Crippen molar-refractivity contribution in [1.29, 1.82) is 0 Å². The molecule has 11 heavy (non-hydrogen) atoms. The van der Waals surface area contributed by atoms with Gasteiger partial charge in [-0.2, -0.15) is 0 Å². The summed E-state index contributed by atoms with van der Waals surface area (Å²) in [6.45, 7) is 0. The first-order chi connectivity index (χ1) is 5.27. The average Bonchev–Trinajstić information content (AvgIpc) is 2.32. The van der Waals surface area contributed by atoms with Gasteiger partial charge in [-0.15, -0.1) is 0 Å². The molecule has 0 aliphatic carbocycles. The van der Waals surface area contributed by atoms with Crippen molar-refractivity contribution in [2.75, 3.05) is 5.73 Å². The molecule has 2 N–H and O–H groups in total. The molecule has 56 valence electrons. The molecule has 3 heteroatoms. The van der Waals surface area contributed by atoms with Crippen LogP contribution in [0.1, 0.15) is 0 Å². The topological polar surface area (TPSA) is 43.8 Å². The number of pyridine rings is 1. The second-order valence-electron chi connectivity index (χ2n) is 2.61. The first-order valence-corrected chi connectivity index (χ1v) is 3.44. The van der Waals surface area contributed by atoms with E-state index in [9.17, 15) is 0 Å². The fraction of sp³-hybridized carbons (Fsp3) is 0.125. The largest absolute Gasteiger partial charge is 0.397 e. The van der Waals surface area contributed by atoms with E-state index in [2.05, 4.69) is 4.98 Å². The minimum atomic E-state index is 0.712. The molecule has 0 saturated carbocycles. The van der Waals surface area contributed by atoms with Gasteiger partial charge in [-0.3, -0.25) is 0 Å². The maximum absolute atomic E-state index is 5.56. The van der Waals surface area contributed by atoms with Gasteiger partial charge in [0.2, 0.25) is 0 Å². The van der Waals surface area contributed by atoms with Gasteiger partial charge in [0.25, 0.3) is 0 Å². The molecule has 0 fully saturated rings. The van der Waals surface area contributed by atoms with E-state index < -0.39 is 0 Å². The minimum absolute atomic E-state index is 0.712. The summed E-state index contributed by atoms with van der Waals surface area (Å²) < 4.78 is 1.97. The lowest BCUT2D eigenvalue weighted by Gasteiger charge is -1.94. The summed E-state index contributed by atoms with van der Waals surface area (Å²) >= 11 is 0. The van der Waals surface area contributed by atoms with E-state index in [1.54, 1.807) is 6.20 Å². The highest BCUT2D eigenvalue weighted by Crippen LogP contribution is 2.13. The van der Waals surface area contributed by atoms with Gasteiger partial charge in [0, 0.05) is 18.6 Å². The van der Waals surface area contributed by atoms with Gasteiger partial charge < -0.3 is 10.3 Å². The number of fused-ring (bicyclic) bond motifs is 1. The van der Waals surface area contributed by atoms with Crippen LogP contribution in [-0.4, -0.2) is 9.55 Å². The highest BCUT2D eigenvalue weighted by atomic mass is 15.0. The molecular formula is C8H9N3. The van der Waals surface area contributed by atoms with Gasteiger partial charge in [-0.05, 0) is 12.1 Å². The van der Waals surface area contributed by atoms with Crippen molar-refractivity contribution in [2.45, 2.75) is 0 Å². The molecule has 0 bridgehead atoms. The molecule has 3 nitrogen and oxygen atoms in total. The molecule has 0 aliphatic heterocycles. The normalized spacial score (nSPS) is 10.6. The first kappa shape index (κ1) is 6.22. The van der Waals surface area contributed by atoms with Crippen LogP contribution in [-0.2, 0) is 7.05 Å². The predicted octanol–water partition coefficient (Wildman–Crippen LogP) is 1.16. The van der Waals surface area contributed by atoms with E-state index in [1.165, 1.54) is 0 Å². The zero-order chi connectivity index (χ0) is 7.84. The zero-order valence-electron chi connectivity index (χ0n) is 6.28. The zero-order valence-corrected chi connectivity index (χ0v) is 6.28. The van der Waals surface area contributed by atoms with Crippen molar-refractivity contribution in [3.8, 4) is 0 Å². The fourth-order valence-electron chi connectivity index (χ4n) is 1.17. The number of anilines is 1. The Balaban J connectivity index is 2.86. The van der Waals surface area contributed by atoms with E-state index in [0.717, 1.165) is 11.0 Å². The molecule has 0 aliphatic rings. The number of nitrogens with two attached hydrogens (primary N) is 1. The van der Waals surface area contributed by atoms with Gasteiger partial charge in [0.15, 0.2) is 0 Å². The molecule has 0 amide bonds. The predicted molar refractivity (Wildman–Crippen MR) is 45.1 cm³/mol. The van der Waals surface area contributed by atoms with Crippen LogP contribution in [0, 0.1) is 0 Å². The van der Waals surface area contributed by atoms with E-state index in [-0.39, 0.29) is 0 Å². The van der Waals surface area contributed by atoms with E-state index in [0.29, 0.717) is 5.69 Å². The van der Waals surface area contributed by atoms with Crippen molar-refractivity contribution in [3.63, 3.8) is 0 Å². The SMILES string of the molecule is Cn1ccc2cc(N)cnc21. The number of nitrogen functional groups attached to an aromatic ring is 1. The average molecular weight is 147 g/mol. The summed E-state index contributed by atoms with van der Waals surface area (Å²) in [7, 11) is 1.96. The Morgan fingerprint density at radius 2 is 2.36 bits per heavy atom. The number of nitrogens with zero attached hydrogens (tertiary/aromatic N) is 2. The molecule has 2 heterocycles. The fourth-order valence-corrected chi connectivity index (χ4v) is 1.17. The van der Waals surface area contributed by atoms with E-state index in [1.807, 2.05) is 29.9 Å². The number of aryl methyl sites for hydroxylation is 1. The molecule has 2 rings (SSSR count). The summed E-state index contributed by atoms with van der Waals surface area (Å²) in [6.07, 6.45) is 3.64. The van der Waals surface area contributed by atoms with Crippen LogP contribution in [0.5, 0.6) is 0 Å². The number of hydrogen-bond donors (Lipinski definition) is 1. The van der Waals surface area contributed by atoms with Crippen molar-refractivity contribution in [2.24, 2.45) is 7.05 Å². The maximum atomic E-state index is 5.56. The Labute approximate surface area is 64.5 Å². The first-order valence-electron chi connectivity index (χ1n) is 3.44. The van der Waals surface area contributed by atoms with E-state index >= 15 is 0 Å². The molecule has 2 aromatic rings. The highest BCUT2D eigenvalue weighted by molar-refractivity contribution is 5.78. The van der Waals surface area contributed by atoms with Gasteiger partial charge in [-0.25, -0.2) is 4.98 Å². The second-order valence-corrected chi connectivity index (χ2v) is 2.61. The number of rotatable bonds is 0. The molecule has 0 atom stereocenters. The molecule has 0 radical (unpaired) electrons. The Hall–Kier alpha value is -1.51. The van der Waals surface area contributed by atoms with Crippen molar-refractivity contribution in [1.82, 2.24) is 9.55 Å². The van der Waals surface area contributed by atoms with Crippen molar-refractivity contribution < 1.29 is 0 Å². The lowest BCUT2D eigenvalue weighted by Crippen LogP contribution is -1.89. The standard InChI is InChI=1S/C8H9N3/c1-11-3-2-6-4-7(9)5-10-8(6)11/h2-5H,9H2,1H3. The summed E-state index contributed by atoms with van der Waals surface area (Å²) in [4.78, 5) is 4.18. The Bertz CT molecular complexity index is 389. The molecule has 0 unspecified atom stereocenters. The van der Waals surface area contributed by atoms with Gasteiger partial charge >= 0.3 is 0 Å². The summed E-state index contributed by atoms with van der Waals surface area (Å²) in [6, 6.07) is 3.92. The molecule has 0 aromatic carbocycles. The van der Waals surface area contributed by atoms with Gasteiger partial charge in [0.05, 0.1) is 11.9 Å². The van der Waals surface area contributed by atoms with Crippen LogP contribution in [0.4, 0.5) is 5.69 Å². The van der Waals surface area contributed by atoms with Crippen LogP contribution >= 0.6 is 0 Å². The van der Waals surface area contributed by atoms with Crippen molar-refractivity contribution in [3.05, 3.63) is 24.5 Å². The smallest absolute Gasteiger partial charge is 0.139 e. The Morgan fingerprint density at radius 1 is 1.55 bits per heavy atom. The second kappa shape index (κ2) is 1.99. The van der Waals surface area contributed by atoms with Crippen LogP contribution in [0.3, 0.4) is 0 Å². The third-order valence-corrected chi connectivity index (χ3v) is 1.73. The monoisotopic (exact) mass is 147 g/mol. The Morgan fingerprint density at radius 3 is 3.18 bits per heavy atom. The van der Waals surface area contributed by atoms with Crippen LogP contribution in [0.15, 0.2) is 24.5 Å². The molecule has 2 aromatic heterocycles. The summed E-state index contributed by atoms with van der Waals surface area (Å²) in [5, 5.41) is 1.09. The number of hydrogen-bond acceptors (Lipinski definition) is 2. The summed E-state index contributed by atoms with van der Waals surface area (Å²) in [5.41, 5.74) is 7.24. The minimum Gasteiger partial charge on any atom is -0.397 e. The van der Waals surface area contributed by atoms with Crippen LogP contribution in [0.2, 0.25) is 0 Å². The Kier molecular flexibility index (Phi) is 1.12. The number of aromatic nitrogens is 2. The lowest BCUT2D eigenvalue weighted by atomic mass is 10.3. The van der Waals surface area contributed by atoms with Gasteiger partial charge in [-0.1, -0.05) is 0 Å². The van der Waals surface area contributed by atoms with Crippen LogP contribution < -0.4 is 5.73 Å². The van der Waals surface area contributed by atoms with Crippen LogP contribution in [0.25, 0.3) is 11.0 Å². The van der Waals surface area contributed by atoms with Gasteiger partial charge in [0.1, 0.15) is 5.65 Å². The quantitative estimate of drug-likeness (QED) is 0.607. The third kappa shape index (κ3) is 0.852. The third-order valence-electron chi connectivity index (χ3n) is 1.73. The molecule has 0 saturated heterocycles. The lowest BCUT2D eigenvalue weighted by molar-refractivity contribution is 0.949. The molecular weight excluding hydrogens is 138 g/mol. The summed E-state index contributed by atoms with van der Waals surface area (Å²) in [5.74, 6) is 0. The maximum Gasteiger partial charge on any atom is 0.139 e. The van der Waals surface area contributed by atoms with Crippen molar-refractivity contribution >= 4 is 16.7 Å². The molecule has 0 spiro atoms.